The van der Waals surface area contributed by atoms with E-state index >= 15 is 0 Å². The highest BCUT2D eigenvalue weighted by atomic mass is 79.9. The van der Waals surface area contributed by atoms with E-state index in [1.807, 2.05) is 13.8 Å². The van der Waals surface area contributed by atoms with Gasteiger partial charge in [0, 0.05) is 17.7 Å². The van der Waals surface area contributed by atoms with Crippen molar-refractivity contribution in [3.8, 4) is 5.75 Å². The first-order chi connectivity index (χ1) is 6.43. The normalized spacial score (nSPS) is 13.3. The zero-order chi connectivity index (χ0) is 10.9. The smallest absolute Gasteiger partial charge is 0.141 e. The van der Waals surface area contributed by atoms with Crippen LogP contribution in [0.2, 0.25) is 0 Å². The van der Waals surface area contributed by atoms with Crippen LogP contribution in [0, 0.1) is 11.7 Å². The van der Waals surface area contributed by atoms with Gasteiger partial charge in [-0.1, -0.05) is 13.8 Å². The van der Waals surface area contributed by atoms with Crippen molar-refractivity contribution in [3.05, 3.63) is 28.0 Å². The lowest BCUT2D eigenvalue weighted by molar-refractivity contribution is 0.434. The molecule has 0 aromatic heterocycles. The van der Waals surface area contributed by atoms with Gasteiger partial charge in [0.05, 0.1) is 4.47 Å². The van der Waals surface area contributed by atoms with Crippen LogP contribution in [0.3, 0.4) is 0 Å². The van der Waals surface area contributed by atoms with E-state index in [0.29, 0.717) is 10.0 Å². The van der Waals surface area contributed by atoms with Crippen molar-refractivity contribution in [3.63, 3.8) is 0 Å². The van der Waals surface area contributed by atoms with Crippen molar-refractivity contribution in [1.82, 2.24) is 0 Å². The van der Waals surface area contributed by atoms with Crippen molar-refractivity contribution in [2.45, 2.75) is 19.9 Å². The quantitative estimate of drug-likeness (QED) is 0.860. The van der Waals surface area contributed by atoms with Crippen LogP contribution in [0.4, 0.5) is 4.39 Å². The average Bonchev–Trinajstić information content (AvgIpc) is 2.10. The van der Waals surface area contributed by atoms with Crippen LogP contribution in [0.1, 0.15) is 25.5 Å². The summed E-state index contributed by atoms with van der Waals surface area (Å²) in [6.07, 6.45) is 0. The molecule has 78 valence electrons. The van der Waals surface area contributed by atoms with Gasteiger partial charge in [-0.15, -0.1) is 0 Å². The van der Waals surface area contributed by atoms with Gasteiger partial charge in [0.25, 0.3) is 0 Å². The minimum atomic E-state index is -0.484. The van der Waals surface area contributed by atoms with E-state index in [1.165, 1.54) is 6.07 Å². The van der Waals surface area contributed by atoms with Crippen LogP contribution in [0.5, 0.6) is 5.75 Å². The van der Waals surface area contributed by atoms with E-state index in [1.54, 1.807) is 0 Å². The van der Waals surface area contributed by atoms with Gasteiger partial charge in [-0.05, 0) is 27.9 Å². The molecule has 2 nitrogen and oxygen atoms in total. The molecule has 4 heteroatoms. The number of phenols is 1. The zero-order valence-electron chi connectivity index (χ0n) is 8.09. The van der Waals surface area contributed by atoms with Crippen molar-refractivity contribution < 1.29 is 9.50 Å². The molecule has 0 saturated heterocycles. The SMILES string of the molecule is CC(C)[C@@H](N)c1cc(Br)c(F)cc1O. The van der Waals surface area contributed by atoms with Crippen LogP contribution in [-0.2, 0) is 0 Å². The van der Waals surface area contributed by atoms with Crippen LogP contribution in [0.25, 0.3) is 0 Å². The highest BCUT2D eigenvalue weighted by molar-refractivity contribution is 9.10. The van der Waals surface area contributed by atoms with Crippen LogP contribution >= 0.6 is 15.9 Å². The maximum atomic E-state index is 13.0. The highest BCUT2D eigenvalue weighted by Gasteiger charge is 2.16. The molecule has 0 aliphatic carbocycles. The van der Waals surface area contributed by atoms with E-state index in [9.17, 15) is 9.50 Å². The minimum absolute atomic E-state index is 0.0908. The number of hydrogen-bond donors (Lipinski definition) is 2. The maximum absolute atomic E-state index is 13.0. The first-order valence-electron chi connectivity index (χ1n) is 4.37. The fourth-order valence-electron chi connectivity index (χ4n) is 1.18. The summed E-state index contributed by atoms with van der Waals surface area (Å²) in [7, 11) is 0. The Hall–Kier alpha value is -0.610. The van der Waals surface area contributed by atoms with E-state index < -0.39 is 5.82 Å². The maximum Gasteiger partial charge on any atom is 0.141 e. The fourth-order valence-corrected chi connectivity index (χ4v) is 1.54. The first-order valence-corrected chi connectivity index (χ1v) is 5.16. The molecule has 0 radical (unpaired) electrons. The Balaban J connectivity index is 3.15. The lowest BCUT2D eigenvalue weighted by Crippen LogP contribution is -2.16. The molecule has 0 aliphatic rings. The summed E-state index contributed by atoms with van der Waals surface area (Å²) >= 11 is 3.06. The third-order valence-corrected chi connectivity index (χ3v) is 2.75. The van der Waals surface area contributed by atoms with Gasteiger partial charge < -0.3 is 10.8 Å². The lowest BCUT2D eigenvalue weighted by Gasteiger charge is -2.17. The van der Waals surface area contributed by atoms with Gasteiger partial charge in [0.2, 0.25) is 0 Å². The van der Waals surface area contributed by atoms with Crippen LogP contribution in [0.15, 0.2) is 16.6 Å². The predicted octanol–water partition coefficient (Wildman–Crippen LogP) is 2.95. The summed E-state index contributed by atoms with van der Waals surface area (Å²) in [5.74, 6) is -0.382. The van der Waals surface area contributed by atoms with Crippen molar-refractivity contribution in [1.29, 1.82) is 0 Å². The Bertz CT molecular complexity index is 341. The summed E-state index contributed by atoms with van der Waals surface area (Å²) in [4.78, 5) is 0. The van der Waals surface area contributed by atoms with Crippen molar-refractivity contribution in [2.75, 3.05) is 0 Å². The van der Waals surface area contributed by atoms with Gasteiger partial charge in [-0.25, -0.2) is 4.39 Å². The summed E-state index contributed by atoms with van der Waals surface area (Å²) in [5, 5.41) is 9.49. The highest BCUT2D eigenvalue weighted by Crippen LogP contribution is 2.31. The number of nitrogens with two attached hydrogens (primary N) is 1. The molecule has 1 aromatic rings. The monoisotopic (exact) mass is 261 g/mol. The summed E-state index contributed by atoms with van der Waals surface area (Å²) in [6, 6.07) is 2.31. The molecule has 0 fully saturated rings. The van der Waals surface area contributed by atoms with Crippen LogP contribution < -0.4 is 5.73 Å². The number of aromatic hydroxyl groups is 1. The largest absolute Gasteiger partial charge is 0.508 e. The Morgan fingerprint density at radius 3 is 2.50 bits per heavy atom. The number of benzene rings is 1. The second-order valence-corrected chi connectivity index (χ2v) is 4.45. The lowest BCUT2D eigenvalue weighted by atomic mass is 9.96. The first kappa shape index (κ1) is 11.5. The van der Waals surface area contributed by atoms with Crippen LogP contribution in [-0.4, -0.2) is 5.11 Å². The molecule has 1 atom stereocenters. The third kappa shape index (κ3) is 2.25. The molecule has 1 rings (SSSR count). The summed E-state index contributed by atoms with van der Waals surface area (Å²) in [5.41, 5.74) is 6.42. The topological polar surface area (TPSA) is 46.2 Å². The molecular formula is C10H13BrFNO. The Morgan fingerprint density at radius 2 is 2.00 bits per heavy atom. The molecule has 0 bridgehead atoms. The fraction of sp³-hybridized carbons (Fsp3) is 0.400. The number of rotatable bonds is 2. The molecule has 0 unspecified atom stereocenters. The van der Waals surface area contributed by atoms with Crippen molar-refractivity contribution in [2.24, 2.45) is 11.7 Å². The van der Waals surface area contributed by atoms with Gasteiger partial charge in [0.15, 0.2) is 0 Å². The molecule has 14 heavy (non-hydrogen) atoms. The standard InChI is InChI=1S/C10H13BrFNO/c1-5(2)10(13)6-3-7(11)8(12)4-9(6)14/h3-5,10,14H,13H2,1-2H3/t10-/m1/s1. The van der Waals surface area contributed by atoms with Gasteiger partial charge in [-0.3, -0.25) is 0 Å². The number of hydrogen-bond acceptors (Lipinski definition) is 2. The third-order valence-electron chi connectivity index (χ3n) is 2.15. The molecular weight excluding hydrogens is 249 g/mol. The average molecular weight is 262 g/mol. The second-order valence-electron chi connectivity index (χ2n) is 3.59. The van der Waals surface area contributed by atoms with Crippen molar-refractivity contribution >= 4 is 15.9 Å². The number of halogens is 2. The van der Waals surface area contributed by atoms with E-state index in [0.717, 1.165) is 6.07 Å². The Morgan fingerprint density at radius 1 is 1.43 bits per heavy atom. The predicted molar refractivity (Wildman–Crippen MR) is 57.5 cm³/mol. The summed E-state index contributed by atoms with van der Waals surface area (Å²) in [6.45, 7) is 3.89. The Labute approximate surface area is 91.1 Å². The second kappa shape index (κ2) is 4.28. The zero-order valence-corrected chi connectivity index (χ0v) is 9.68. The minimum Gasteiger partial charge on any atom is -0.508 e. The molecule has 3 N–H and O–H groups in total. The molecule has 0 amide bonds. The van der Waals surface area contributed by atoms with E-state index in [2.05, 4.69) is 15.9 Å². The number of phenolic OH excluding ortho intramolecular Hbond substituents is 1. The molecule has 0 aliphatic heterocycles. The van der Waals surface area contributed by atoms with Gasteiger partial charge in [-0.2, -0.15) is 0 Å². The molecule has 1 aromatic carbocycles. The molecule has 0 spiro atoms. The Kier molecular flexibility index (Phi) is 3.50. The van der Waals surface area contributed by atoms with E-state index in [-0.39, 0.29) is 17.7 Å². The molecule has 0 heterocycles. The molecule has 0 saturated carbocycles. The summed E-state index contributed by atoms with van der Waals surface area (Å²) < 4.78 is 13.3. The van der Waals surface area contributed by atoms with Gasteiger partial charge in [0.1, 0.15) is 11.6 Å². The van der Waals surface area contributed by atoms with E-state index in [4.69, 9.17) is 5.73 Å². The van der Waals surface area contributed by atoms with Gasteiger partial charge >= 0.3 is 0 Å².